The van der Waals surface area contributed by atoms with Crippen LogP contribution < -0.4 is 0 Å². The van der Waals surface area contributed by atoms with Gasteiger partial charge in [-0.1, -0.05) is 62.3 Å². The molecule has 12 atom stereocenters. The molecule has 0 aromatic heterocycles. The predicted molar refractivity (Wildman–Crippen MR) is 153 cm³/mol. The second-order valence-electron chi connectivity index (χ2n) is 16.5. The number of carbonyl (C=O) groups is 2. The van der Waals surface area contributed by atoms with E-state index in [9.17, 15) is 19.8 Å². The van der Waals surface area contributed by atoms with Crippen molar-refractivity contribution in [2.24, 2.45) is 62.6 Å². The van der Waals surface area contributed by atoms with Gasteiger partial charge in [-0.3, -0.25) is 4.79 Å². The van der Waals surface area contributed by atoms with E-state index in [0.29, 0.717) is 23.2 Å². The molecule has 5 rings (SSSR count). The van der Waals surface area contributed by atoms with Gasteiger partial charge in [-0.2, -0.15) is 0 Å². The van der Waals surface area contributed by atoms with Crippen LogP contribution >= 0.6 is 0 Å². The van der Waals surface area contributed by atoms with E-state index in [0.717, 1.165) is 31.6 Å². The van der Waals surface area contributed by atoms with Crippen LogP contribution in [-0.4, -0.2) is 33.9 Å². The van der Waals surface area contributed by atoms with Gasteiger partial charge in [-0.05, 0) is 103 Å². The van der Waals surface area contributed by atoms with Crippen molar-refractivity contribution in [2.45, 2.75) is 138 Å². The molecule has 5 aliphatic carbocycles. The summed E-state index contributed by atoms with van der Waals surface area (Å²) in [4.78, 5) is 25.5. The molecule has 5 heteroatoms. The molecule has 222 valence electrons. The zero-order chi connectivity index (χ0) is 29.0. The molecule has 0 aliphatic heterocycles. The number of aliphatic carboxylic acids is 1. The molecule has 0 aromatic rings. The number of carboxylic acid groups (broad SMARTS) is 1. The number of ether oxygens (including phenoxy) is 1. The van der Waals surface area contributed by atoms with E-state index in [1.165, 1.54) is 25.7 Å². The highest BCUT2D eigenvalue weighted by molar-refractivity contribution is 5.79. The molecule has 2 N–H and O–H groups in total. The smallest absolute Gasteiger partial charge is 0.336 e. The summed E-state index contributed by atoms with van der Waals surface area (Å²) >= 11 is 0. The quantitative estimate of drug-likeness (QED) is 0.360. The summed E-state index contributed by atoms with van der Waals surface area (Å²) in [5.74, 6) is 1.40. The Morgan fingerprint density at radius 3 is 2.13 bits per heavy atom. The maximum absolute atomic E-state index is 13.1. The topological polar surface area (TPSA) is 83.8 Å². The van der Waals surface area contributed by atoms with Crippen molar-refractivity contribution in [3.05, 3.63) is 0 Å². The normalized spacial score (nSPS) is 54.4. The number of carbonyl (C=O) groups excluding carboxylic acids is 1. The Bertz CT molecular complexity index is 1020. The van der Waals surface area contributed by atoms with Crippen molar-refractivity contribution >= 4 is 11.9 Å². The monoisotopic (exact) mass is 544 g/mol. The first-order valence-corrected chi connectivity index (χ1v) is 16.1. The fourth-order valence-electron chi connectivity index (χ4n) is 12.4. The first-order valence-electron chi connectivity index (χ1n) is 16.1. The minimum Gasteiger partial charge on any atom is -0.479 e. The van der Waals surface area contributed by atoms with Crippen LogP contribution in [0, 0.1) is 62.6 Å². The summed E-state index contributed by atoms with van der Waals surface area (Å²) in [5, 5.41) is 23.1. The van der Waals surface area contributed by atoms with Crippen LogP contribution in [0.1, 0.15) is 127 Å². The van der Waals surface area contributed by atoms with Gasteiger partial charge in [0.05, 0.1) is 0 Å². The van der Waals surface area contributed by atoms with Gasteiger partial charge in [0.15, 0.2) is 5.60 Å². The average molecular weight is 545 g/mol. The molecule has 0 radical (unpaired) electrons. The maximum atomic E-state index is 13.1. The standard InChI is InChI=1S/C34H56O5/c1-10-26(35)39-25-19-34(38,28(36)37)33(9)23(29(25,4)5)14-16-32(8)24(33)12-11-22-27-21(3)20(2)13-15-30(27,6)17-18-31(22,32)7/h20-25,27,38H,10-19H2,1-9H3,(H,36,37)/t20-,21+,22-,23+,24+,25?,27+,30-,31-,32-,33+,34?/m1/s1. The SMILES string of the molecule is CCC(=O)OC1CC(O)(C(=O)O)[C@]2(C)[C@H]3CC[C@@H]4[C@@H]5[C@@H](C)[C@H](C)CC[C@]5(C)CC[C@@]4(C)[C@]3(C)CC[C@H]2C1(C)C. The second kappa shape index (κ2) is 8.95. The third kappa shape index (κ3) is 3.59. The van der Waals surface area contributed by atoms with Crippen molar-refractivity contribution in [3.8, 4) is 0 Å². The molecule has 0 bridgehead atoms. The number of aliphatic hydroxyl groups is 1. The van der Waals surface area contributed by atoms with Gasteiger partial charge in [-0.15, -0.1) is 0 Å². The van der Waals surface area contributed by atoms with Crippen LogP contribution in [0.2, 0.25) is 0 Å². The molecule has 0 aromatic carbocycles. The number of esters is 1. The van der Waals surface area contributed by atoms with E-state index < -0.39 is 28.5 Å². The Morgan fingerprint density at radius 2 is 1.51 bits per heavy atom. The Hall–Kier alpha value is -1.10. The van der Waals surface area contributed by atoms with Crippen molar-refractivity contribution in [2.75, 3.05) is 0 Å². The van der Waals surface area contributed by atoms with E-state index in [1.807, 2.05) is 0 Å². The fourth-order valence-corrected chi connectivity index (χ4v) is 12.4. The Kier molecular flexibility index (Phi) is 6.74. The van der Waals surface area contributed by atoms with Gasteiger partial charge in [0.1, 0.15) is 6.10 Å². The van der Waals surface area contributed by atoms with Crippen LogP contribution in [0.3, 0.4) is 0 Å². The molecular weight excluding hydrogens is 488 g/mol. The van der Waals surface area contributed by atoms with E-state index >= 15 is 0 Å². The lowest BCUT2D eigenvalue weighted by molar-refractivity contribution is -0.305. The first kappa shape index (κ1) is 29.4. The minimum atomic E-state index is -1.93. The molecule has 0 spiro atoms. The number of fused-ring (bicyclic) bond motifs is 7. The van der Waals surface area contributed by atoms with Gasteiger partial charge >= 0.3 is 11.9 Å². The lowest BCUT2D eigenvalue weighted by atomic mass is 9.29. The van der Waals surface area contributed by atoms with Gasteiger partial charge in [0.2, 0.25) is 0 Å². The highest BCUT2D eigenvalue weighted by Crippen LogP contribution is 2.78. The molecule has 2 unspecified atom stereocenters. The molecule has 5 nitrogen and oxygen atoms in total. The van der Waals surface area contributed by atoms with Crippen molar-refractivity contribution in [1.29, 1.82) is 0 Å². The minimum absolute atomic E-state index is 0.0317. The summed E-state index contributed by atoms with van der Waals surface area (Å²) < 4.78 is 5.89. The molecular formula is C34H56O5. The largest absolute Gasteiger partial charge is 0.479 e. The van der Waals surface area contributed by atoms with Crippen LogP contribution in [-0.2, 0) is 14.3 Å². The first-order chi connectivity index (χ1) is 17.9. The Balaban J connectivity index is 1.59. The van der Waals surface area contributed by atoms with E-state index in [1.54, 1.807) is 6.92 Å². The lowest BCUT2D eigenvalue weighted by Gasteiger charge is -2.75. The average Bonchev–Trinajstić information content (AvgIpc) is 2.85. The second-order valence-corrected chi connectivity index (χ2v) is 16.5. The highest BCUT2D eigenvalue weighted by atomic mass is 16.5. The summed E-state index contributed by atoms with van der Waals surface area (Å²) in [6, 6.07) is 0. The Labute approximate surface area is 237 Å². The summed E-state index contributed by atoms with van der Waals surface area (Å²) in [5.41, 5.74) is -2.67. The van der Waals surface area contributed by atoms with Crippen LogP contribution in [0.15, 0.2) is 0 Å². The summed E-state index contributed by atoms with van der Waals surface area (Å²) in [7, 11) is 0. The van der Waals surface area contributed by atoms with Crippen LogP contribution in [0.25, 0.3) is 0 Å². The number of carboxylic acids is 1. The van der Waals surface area contributed by atoms with Gasteiger partial charge in [-0.25, -0.2) is 4.79 Å². The van der Waals surface area contributed by atoms with Crippen molar-refractivity contribution < 1.29 is 24.5 Å². The number of hydrogen-bond acceptors (Lipinski definition) is 4. The Morgan fingerprint density at radius 1 is 0.846 bits per heavy atom. The highest BCUT2D eigenvalue weighted by Gasteiger charge is 2.76. The van der Waals surface area contributed by atoms with Gasteiger partial charge in [0.25, 0.3) is 0 Å². The van der Waals surface area contributed by atoms with Gasteiger partial charge < -0.3 is 14.9 Å². The summed E-state index contributed by atoms with van der Waals surface area (Å²) in [6.45, 7) is 20.7. The fraction of sp³-hybridized carbons (Fsp3) is 0.941. The maximum Gasteiger partial charge on any atom is 0.336 e. The predicted octanol–water partition coefficient (Wildman–Crippen LogP) is 7.49. The molecule has 0 amide bonds. The molecule has 5 fully saturated rings. The summed E-state index contributed by atoms with van der Waals surface area (Å²) in [6.07, 6.45) is 8.74. The molecule has 0 heterocycles. The van der Waals surface area contributed by atoms with Gasteiger partial charge in [0, 0.05) is 23.7 Å². The van der Waals surface area contributed by atoms with E-state index in [2.05, 4.69) is 55.4 Å². The molecule has 39 heavy (non-hydrogen) atoms. The van der Waals surface area contributed by atoms with E-state index in [4.69, 9.17) is 4.74 Å². The number of rotatable bonds is 3. The number of hydrogen-bond donors (Lipinski definition) is 2. The van der Waals surface area contributed by atoms with Crippen LogP contribution in [0.4, 0.5) is 0 Å². The third-order valence-electron chi connectivity index (χ3n) is 15.2. The van der Waals surface area contributed by atoms with Crippen LogP contribution in [0.5, 0.6) is 0 Å². The molecule has 0 saturated heterocycles. The zero-order valence-electron chi connectivity index (χ0n) is 26.2. The van der Waals surface area contributed by atoms with E-state index in [-0.39, 0.29) is 41.5 Å². The lowest BCUT2D eigenvalue weighted by Crippen LogP contribution is -2.75. The van der Waals surface area contributed by atoms with Crippen molar-refractivity contribution in [1.82, 2.24) is 0 Å². The zero-order valence-corrected chi connectivity index (χ0v) is 26.2. The molecule has 5 saturated carbocycles. The molecule has 5 aliphatic rings. The van der Waals surface area contributed by atoms with Crippen molar-refractivity contribution in [3.63, 3.8) is 0 Å². The third-order valence-corrected chi connectivity index (χ3v) is 15.2.